The van der Waals surface area contributed by atoms with E-state index in [1.807, 2.05) is 84.9 Å². The molecule has 1 heterocycles. The Labute approximate surface area is 229 Å². The number of aromatic nitrogens is 1. The highest BCUT2D eigenvalue weighted by atomic mass is 35.5. The van der Waals surface area contributed by atoms with Crippen LogP contribution in [0.5, 0.6) is 11.5 Å². The predicted octanol–water partition coefficient (Wildman–Crippen LogP) is 8.71. The molecule has 1 aromatic heterocycles. The highest BCUT2D eigenvalue weighted by molar-refractivity contribution is 6.36. The van der Waals surface area contributed by atoms with Gasteiger partial charge in [0, 0.05) is 38.5 Å². The summed E-state index contributed by atoms with van der Waals surface area (Å²) in [6.45, 7) is 0.562. The molecule has 0 spiro atoms. The van der Waals surface area contributed by atoms with Gasteiger partial charge in [0.15, 0.2) is 0 Å². The van der Waals surface area contributed by atoms with Crippen LogP contribution in [0.15, 0.2) is 109 Å². The Balaban J connectivity index is 1.51. The van der Waals surface area contributed by atoms with Crippen molar-refractivity contribution in [2.45, 2.75) is 6.54 Å². The molecular formula is C32H22Cl2N2O2. The number of hydrogen-bond donors (Lipinski definition) is 1. The van der Waals surface area contributed by atoms with Crippen molar-refractivity contribution in [1.29, 1.82) is 0 Å². The number of para-hydroxylation sites is 1. The summed E-state index contributed by atoms with van der Waals surface area (Å²) >= 11 is 12.7. The normalized spacial score (nSPS) is 11.2. The third-order valence-electron chi connectivity index (χ3n) is 6.62. The van der Waals surface area contributed by atoms with Crippen LogP contribution in [0.25, 0.3) is 32.9 Å². The maximum Gasteiger partial charge on any atom is 0.249 e. The van der Waals surface area contributed by atoms with Crippen molar-refractivity contribution in [3.63, 3.8) is 0 Å². The summed E-state index contributed by atoms with van der Waals surface area (Å²) in [4.78, 5) is 12.4. The Morgan fingerprint density at radius 1 is 0.763 bits per heavy atom. The van der Waals surface area contributed by atoms with Gasteiger partial charge in [0.2, 0.25) is 5.91 Å². The lowest BCUT2D eigenvalue weighted by atomic mass is 10.0. The lowest BCUT2D eigenvalue weighted by Gasteiger charge is -2.12. The van der Waals surface area contributed by atoms with Crippen molar-refractivity contribution >= 4 is 50.9 Å². The summed E-state index contributed by atoms with van der Waals surface area (Å²) < 4.78 is 8.27. The van der Waals surface area contributed by atoms with Crippen LogP contribution in [0, 0.1) is 0 Å². The number of fused-ring (bicyclic) bond motifs is 3. The molecule has 2 N–H and O–H groups in total. The Bertz CT molecular complexity index is 1830. The molecule has 0 radical (unpaired) electrons. The molecule has 0 bridgehead atoms. The van der Waals surface area contributed by atoms with Gasteiger partial charge in [-0.2, -0.15) is 0 Å². The second-order valence-corrected chi connectivity index (χ2v) is 9.91. The van der Waals surface area contributed by atoms with Crippen LogP contribution in [0.4, 0.5) is 0 Å². The van der Waals surface area contributed by atoms with E-state index in [4.69, 9.17) is 33.7 Å². The number of carbonyl (C=O) groups is 1. The minimum absolute atomic E-state index is 0.460. The van der Waals surface area contributed by atoms with E-state index in [-0.39, 0.29) is 0 Å². The van der Waals surface area contributed by atoms with Gasteiger partial charge in [-0.15, -0.1) is 0 Å². The fourth-order valence-electron chi connectivity index (χ4n) is 4.93. The van der Waals surface area contributed by atoms with E-state index < -0.39 is 5.91 Å². The number of carbonyl (C=O) groups excluding carboxylic acids is 1. The van der Waals surface area contributed by atoms with Crippen LogP contribution < -0.4 is 10.5 Å². The summed E-state index contributed by atoms with van der Waals surface area (Å²) in [6, 6.07) is 35.0. The van der Waals surface area contributed by atoms with Crippen LogP contribution >= 0.6 is 23.2 Å². The molecule has 6 aromatic rings. The summed E-state index contributed by atoms with van der Waals surface area (Å²) in [5.41, 5.74) is 11.0. The van der Waals surface area contributed by atoms with Crippen molar-refractivity contribution < 1.29 is 9.53 Å². The molecule has 0 atom stereocenters. The quantitative estimate of drug-likeness (QED) is 0.231. The molecule has 4 nitrogen and oxygen atoms in total. The topological polar surface area (TPSA) is 57.2 Å². The number of primary amides is 1. The summed E-state index contributed by atoms with van der Waals surface area (Å²) in [5.74, 6) is 1.07. The molecule has 0 aliphatic carbocycles. The second kappa shape index (κ2) is 9.90. The summed E-state index contributed by atoms with van der Waals surface area (Å²) in [5, 5.41) is 2.93. The first-order valence-corrected chi connectivity index (χ1v) is 12.9. The number of benzene rings is 5. The first-order chi connectivity index (χ1) is 18.5. The fraction of sp³-hybridized carbons (Fsp3) is 0.0312. The van der Waals surface area contributed by atoms with Crippen molar-refractivity contribution in [3.05, 3.63) is 130 Å². The van der Waals surface area contributed by atoms with Crippen LogP contribution in [-0.4, -0.2) is 10.5 Å². The Kier molecular flexibility index (Phi) is 6.28. The average molecular weight is 537 g/mol. The molecule has 0 aliphatic rings. The molecule has 5 aromatic carbocycles. The summed E-state index contributed by atoms with van der Waals surface area (Å²) in [7, 11) is 0. The van der Waals surface area contributed by atoms with Gasteiger partial charge in [-0.05, 0) is 65.7 Å². The van der Waals surface area contributed by atoms with Crippen molar-refractivity contribution in [1.82, 2.24) is 4.57 Å². The molecule has 38 heavy (non-hydrogen) atoms. The SMILES string of the molecule is NC(=O)c1cccc2c1c1ccc(-c3ccc(Cl)cc3Cl)cc1n2Cc1cccc(Oc2ccccc2)c1. The molecule has 6 rings (SSSR count). The van der Waals surface area contributed by atoms with Gasteiger partial charge < -0.3 is 15.0 Å². The first-order valence-electron chi connectivity index (χ1n) is 12.1. The van der Waals surface area contributed by atoms with Gasteiger partial charge in [-0.3, -0.25) is 4.79 Å². The van der Waals surface area contributed by atoms with Gasteiger partial charge in [0.05, 0.1) is 11.0 Å². The number of ether oxygens (including phenoxy) is 1. The maximum atomic E-state index is 12.4. The number of amides is 1. The van der Waals surface area contributed by atoms with E-state index in [2.05, 4.69) is 16.7 Å². The van der Waals surface area contributed by atoms with Crippen molar-refractivity contribution in [3.8, 4) is 22.6 Å². The van der Waals surface area contributed by atoms with Gasteiger partial charge in [-0.1, -0.05) is 77.8 Å². The highest BCUT2D eigenvalue weighted by Gasteiger charge is 2.18. The smallest absolute Gasteiger partial charge is 0.249 e. The van der Waals surface area contributed by atoms with E-state index >= 15 is 0 Å². The minimum Gasteiger partial charge on any atom is -0.457 e. The number of nitrogens with two attached hydrogens (primary N) is 1. The average Bonchev–Trinajstić information content (AvgIpc) is 3.22. The van der Waals surface area contributed by atoms with Crippen molar-refractivity contribution in [2.24, 2.45) is 5.73 Å². The highest BCUT2D eigenvalue weighted by Crippen LogP contribution is 2.37. The molecule has 186 valence electrons. The standard InChI is InChI=1S/C32H22Cl2N2O2/c33-22-13-15-25(28(34)18-22)21-12-14-26-30(17-21)36(29-11-5-10-27(31(26)29)32(35)37)19-20-6-4-9-24(16-20)38-23-7-2-1-3-8-23/h1-18H,19H2,(H2,35,37). The number of hydrogen-bond acceptors (Lipinski definition) is 2. The molecule has 0 saturated heterocycles. The third-order valence-corrected chi connectivity index (χ3v) is 7.16. The van der Waals surface area contributed by atoms with Gasteiger partial charge >= 0.3 is 0 Å². The predicted molar refractivity (Wildman–Crippen MR) is 155 cm³/mol. The Morgan fingerprint density at radius 3 is 2.34 bits per heavy atom. The molecular weight excluding hydrogens is 515 g/mol. The minimum atomic E-state index is -0.460. The molecule has 0 aliphatic heterocycles. The number of nitrogens with zero attached hydrogens (tertiary/aromatic N) is 1. The molecule has 0 fully saturated rings. The zero-order valence-corrected chi connectivity index (χ0v) is 21.7. The van der Waals surface area contributed by atoms with E-state index in [9.17, 15) is 4.79 Å². The zero-order valence-electron chi connectivity index (χ0n) is 20.2. The first kappa shape index (κ1) is 24.1. The number of rotatable bonds is 6. The van der Waals surface area contributed by atoms with Crippen LogP contribution in [0.1, 0.15) is 15.9 Å². The van der Waals surface area contributed by atoms with Crippen LogP contribution in [0.3, 0.4) is 0 Å². The Hall–Kier alpha value is -4.25. The van der Waals surface area contributed by atoms with Gasteiger partial charge in [-0.25, -0.2) is 0 Å². The summed E-state index contributed by atoms with van der Waals surface area (Å²) in [6.07, 6.45) is 0. The van der Waals surface area contributed by atoms with E-state index in [1.165, 1.54) is 0 Å². The lowest BCUT2D eigenvalue weighted by molar-refractivity contribution is 0.100. The molecule has 0 saturated carbocycles. The second-order valence-electron chi connectivity index (χ2n) is 9.07. The monoisotopic (exact) mass is 536 g/mol. The zero-order chi connectivity index (χ0) is 26.2. The van der Waals surface area contributed by atoms with Gasteiger partial charge in [0.25, 0.3) is 0 Å². The van der Waals surface area contributed by atoms with Crippen molar-refractivity contribution in [2.75, 3.05) is 0 Å². The van der Waals surface area contributed by atoms with E-state index in [0.717, 1.165) is 50.0 Å². The Morgan fingerprint density at radius 2 is 1.55 bits per heavy atom. The fourth-order valence-corrected chi connectivity index (χ4v) is 5.44. The van der Waals surface area contributed by atoms with Crippen LogP contribution in [-0.2, 0) is 6.54 Å². The number of halogens is 2. The van der Waals surface area contributed by atoms with Gasteiger partial charge in [0.1, 0.15) is 11.5 Å². The molecule has 6 heteroatoms. The molecule has 0 unspecified atom stereocenters. The third kappa shape index (κ3) is 4.49. The van der Waals surface area contributed by atoms with Crippen LogP contribution in [0.2, 0.25) is 10.0 Å². The largest absolute Gasteiger partial charge is 0.457 e. The lowest BCUT2D eigenvalue weighted by Crippen LogP contribution is -2.11. The van der Waals surface area contributed by atoms with E-state index in [1.54, 1.807) is 12.1 Å². The maximum absolute atomic E-state index is 12.4. The molecule has 1 amide bonds. The van der Waals surface area contributed by atoms with E-state index in [0.29, 0.717) is 22.2 Å².